The summed E-state index contributed by atoms with van der Waals surface area (Å²) in [5, 5.41) is 1.82. The van der Waals surface area contributed by atoms with Crippen LogP contribution in [0.25, 0.3) is 10.2 Å². The lowest BCUT2D eigenvalue weighted by molar-refractivity contribution is -0.144. The number of thiophene rings is 1. The SMILES string of the molecule is CCC(Sc1ncnc2sc3c(c12)CCCC3)C(=O)OCc1ccccc1. The van der Waals surface area contributed by atoms with Crippen molar-refractivity contribution in [2.45, 2.75) is 55.9 Å². The molecular formula is C21H22N2O2S2. The maximum absolute atomic E-state index is 12.6. The van der Waals surface area contributed by atoms with Crippen molar-refractivity contribution in [1.29, 1.82) is 0 Å². The van der Waals surface area contributed by atoms with Crippen molar-refractivity contribution in [1.82, 2.24) is 9.97 Å². The highest BCUT2D eigenvalue weighted by atomic mass is 32.2. The van der Waals surface area contributed by atoms with E-state index in [0.717, 1.165) is 33.6 Å². The van der Waals surface area contributed by atoms with Crippen LogP contribution in [0.1, 0.15) is 42.2 Å². The fraction of sp³-hybridized carbons (Fsp3) is 0.381. The van der Waals surface area contributed by atoms with Gasteiger partial charge in [-0.2, -0.15) is 0 Å². The van der Waals surface area contributed by atoms with Gasteiger partial charge in [0, 0.05) is 10.3 Å². The number of esters is 1. The first-order valence-corrected chi connectivity index (χ1v) is 11.1. The van der Waals surface area contributed by atoms with E-state index >= 15 is 0 Å². The Balaban J connectivity index is 1.53. The lowest BCUT2D eigenvalue weighted by atomic mass is 9.97. The molecule has 0 radical (unpaired) electrons. The predicted octanol–water partition coefficient (Wildman–Crippen LogP) is 5.18. The first-order valence-electron chi connectivity index (χ1n) is 9.38. The van der Waals surface area contributed by atoms with Gasteiger partial charge < -0.3 is 4.74 Å². The van der Waals surface area contributed by atoms with Crippen molar-refractivity contribution in [3.8, 4) is 0 Å². The summed E-state index contributed by atoms with van der Waals surface area (Å²) in [6.07, 6.45) is 7.01. The number of rotatable bonds is 6. The number of ether oxygens (including phenoxy) is 1. The van der Waals surface area contributed by atoms with Crippen LogP contribution in [0.15, 0.2) is 41.7 Å². The molecule has 0 aliphatic heterocycles. The lowest BCUT2D eigenvalue weighted by Crippen LogP contribution is -2.19. The molecule has 4 nitrogen and oxygen atoms in total. The summed E-state index contributed by atoms with van der Waals surface area (Å²) >= 11 is 3.30. The van der Waals surface area contributed by atoms with Crippen LogP contribution >= 0.6 is 23.1 Å². The minimum absolute atomic E-state index is 0.179. The molecule has 1 aromatic carbocycles. The van der Waals surface area contributed by atoms with Crippen LogP contribution in [0.3, 0.4) is 0 Å². The number of aromatic nitrogens is 2. The molecule has 1 aliphatic carbocycles. The third-order valence-electron chi connectivity index (χ3n) is 4.83. The van der Waals surface area contributed by atoms with E-state index in [9.17, 15) is 4.79 Å². The molecule has 2 aromatic heterocycles. The van der Waals surface area contributed by atoms with E-state index in [2.05, 4.69) is 9.97 Å². The molecule has 0 N–H and O–H groups in total. The Bertz CT molecular complexity index is 940. The Morgan fingerprint density at radius 3 is 2.85 bits per heavy atom. The van der Waals surface area contributed by atoms with E-state index in [4.69, 9.17) is 4.74 Å². The van der Waals surface area contributed by atoms with Gasteiger partial charge >= 0.3 is 5.97 Å². The van der Waals surface area contributed by atoms with Gasteiger partial charge in [0.15, 0.2) is 0 Å². The zero-order valence-corrected chi connectivity index (χ0v) is 16.9. The van der Waals surface area contributed by atoms with Gasteiger partial charge in [-0.1, -0.05) is 49.0 Å². The zero-order chi connectivity index (χ0) is 18.6. The second kappa shape index (κ2) is 8.40. The lowest BCUT2D eigenvalue weighted by Gasteiger charge is -2.15. The Labute approximate surface area is 167 Å². The Morgan fingerprint density at radius 2 is 2.04 bits per heavy atom. The topological polar surface area (TPSA) is 52.1 Å². The predicted molar refractivity (Wildman–Crippen MR) is 110 cm³/mol. The largest absolute Gasteiger partial charge is 0.460 e. The van der Waals surface area contributed by atoms with Gasteiger partial charge in [0.2, 0.25) is 0 Å². The average Bonchev–Trinajstić information content (AvgIpc) is 3.10. The van der Waals surface area contributed by atoms with Crippen molar-refractivity contribution < 1.29 is 9.53 Å². The molecule has 0 fully saturated rings. The molecule has 0 saturated heterocycles. The van der Waals surface area contributed by atoms with Gasteiger partial charge in [0.1, 0.15) is 28.0 Å². The van der Waals surface area contributed by atoms with Gasteiger partial charge in [-0.25, -0.2) is 9.97 Å². The van der Waals surface area contributed by atoms with Crippen molar-refractivity contribution in [2.24, 2.45) is 0 Å². The van der Waals surface area contributed by atoms with E-state index in [0.29, 0.717) is 13.0 Å². The Morgan fingerprint density at radius 1 is 1.22 bits per heavy atom. The summed E-state index contributed by atoms with van der Waals surface area (Å²) < 4.78 is 5.56. The number of benzene rings is 1. The van der Waals surface area contributed by atoms with Gasteiger partial charge in [-0.15, -0.1) is 11.3 Å². The third-order valence-corrected chi connectivity index (χ3v) is 7.37. The molecule has 2 heterocycles. The minimum Gasteiger partial charge on any atom is -0.460 e. The van der Waals surface area contributed by atoms with Crippen LogP contribution < -0.4 is 0 Å². The number of carbonyl (C=O) groups excluding carboxylic acids is 1. The van der Waals surface area contributed by atoms with Crippen LogP contribution in [0.2, 0.25) is 0 Å². The highest BCUT2D eigenvalue weighted by Crippen LogP contribution is 2.40. The molecule has 1 unspecified atom stereocenters. The molecule has 27 heavy (non-hydrogen) atoms. The first-order chi connectivity index (χ1) is 13.3. The van der Waals surface area contributed by atoms with Gasteiger partial charge in [0.25, 0.3) is 0 Å². The molecule has 0 saturated carbocycles. The van der Waals surface area contributed by atoms with E-state index in [-0.39, 0.29) is 11.2 Å². The summed E-state index contributed by atoms with van der Waals surface area (Å²) in [5.74, 6) is -0.179. The summed E-state index contributed by atoms with van der Waals surface area (Å²) in [6.45, 7) is 2.33. The molecule has 4 rings (SSSR count). The smallest absolute Gasteiger partial charge is 0.319 e. The molecule has 1 aliphatic rings. The quantitative estimate of drug-likeness (QED) is 0.325. The molecule has 6 heteroatoms. The van der Waals surface area contributed by atoms with E-state index in [1.165, 1.54) is 35.0 Å². The van der Waals surface area contributed by atoms with Crippen molar-refractivity contribution in [2.75, 3.05) is 0 Å². The number of nitrogens with zero attached hydrogens (tertiary/aromatic N) is 2. The fourth-order valence-corrected chi connectivity index (χ4v) is 5.74. The Hall–Kier alpha value is -1.92. The maximum Gasteiger partial charge on any atom is 0.319 e. The second-order valence-electron chi connectivity index (χ2n) is 6.68. The van der Waals surface area contributed by atoms with Gasteiger partial charge in [-0.05, 0) is 43.2 Å². The number of thioether (sulfide) groups is 1. The van der Waals surface area contributed by atoms with E-state index < -0.39 is 0 Å². The van der Waals surface area contributed by atoms with Crippen LogP contribution in [0.4, 0.5) is 0 Å². The van der Waals surface area contributed by atoms with E-state index in [1.807, 2.05) is 37.3 Å². The minimum atomic E-state index is -0.258. The van der Waals surface area contributed by atoms with Crippen LogP contribution in [0.5, 0.6) is 0 Å². The van der Waals surface area contributed by atoms with E-state index in [1.54, 1.807) is 17.7 Å². The monoisotopic (exact) mass is 398 g/mol. The summed E-state index contributed by atoms with van der Waals surface area (Å²) in [7, 11) is 0. The highest BCUT2D eigenvalue weighted by molar-refractivity contribution is 8.00. The number of carbonyl (C=O) groups is 1. The maximum atomic E-state index is 12.6. The van der Waals surface area contributed by atoms with Gasteiger partial charge in [0.05, 0.1) is 0 Å². The van der Waals surface area contributed by atoms with Crippen molar-refractivity contribution in [3.63, 3.8) is 0 Å². The summed E-state index contributed by atoms with van der Waals surface area (Å²) in [5.41, 5.74) is 2.40. The average molecular weight is 399 g/mol. The normalized spacial score (nSPS) is 14.7. The Kier molecular flexibility index (Phi) is 5.74. The van der Waals surface area contributed by atoms with Crippen molar-refractivity contribution in [3.05, 3.63) is 52.7 Å². The molecular weight excluding hydrogens is 376 g/mol. The van der Waals surface area contributed by atoms with Crippen LogP contribution in [-0.4, -0.2) is 21.2 Å². The molecule has 1 atom stereocenters. The summed E-state index contributed by atoms with van der Waals surface area (Å²) in [6, 6.07) is 9.79. The zero-order valence-electron chi connectivity index (χ0n) is 15.3. The number of hydrogen-bond acceptors (Lipinski definition) is 6. The fourth-order valence-electron chi connectivity index (χ4n) is 3.41. The second-order valence-corrected chi connectivity index (χ2v) is 8.95. The summed E-state index contributed by atoms with van der Waals surface area (Å²) in [4.78, 5) is 24.1. The highest BCUT2D eigenvalue weighted by Gasteiger charge is 2.25. The molecule has 3 aromatic rings. The molecule has 140 valence electrons. The van der Waals surface area contributed by atoms with Crippen LogP contribution in [-0.2, 0) is 29.0 Å². The first kappa shape index (κ1) is 18.4. The third kappa shape index (κ3) is 4.01. The standard InChI is InChI=1S/C21H22N2O2S2/c1-2-16(21(24)25-12-14-8-4-3-5-9-14)26-19-18-15-10-6-7-11-17(15)27-20(18)23-13-22-19/h3-5,8-9,13,16H,2,6-7,10-12H2,1H3. The molecule has 0 spiro atoms. The molecule has 0 bridgehead atoms. The number of aryl methyl sites for hydroxylation is 2. The van der Waals surface area contributed by atoms with Gasteiger partial charge in [-0.3, -0.25) is 4.79 Å². The van der Waals surface area contributed by atoms with Crippen LogP contribution in [0, 0.1) is 0 Å². The number of hydrogen-bond donors (Lipinski definition) is 0. The van der Waals surface area contributed by atoms with Crippen molar-refractivity contribution >= 4 is 39.3 Å². The molecule has 0 amide bonds. The number of fused-ring (bicyclic) bond motifs is 3.